The number of hydrogen-bond acceptors (Lipinski definition) is 5. The SMILES string of the molecule is C/C=C(\C)N(N)CC(C)(C)C.C=C/C=C(\C=C/C)C(=O)N(C/C=C/N)C(=O)C1=CC=CCC1.CBr.CC. The normalized spacial score (nSPS) is 13.3. The molecule has 0 atom stereocenters. The molecule has 0 fully saturated rings. The molecular weight excluding hydrogens is 528 g/mol. The van der Waals surface area contributed by atoms with E-state index >= 15 is 0 Å². The second kappa shape index (κ2) is 23.7. The zero-order valence-corrected chi connectivity index (χ0v) is 26.1. The summed E-state index contributed by atoms with van der Waals surface area (Å²) in [5, 5.41) is 1.79. The number of carbonyl (C=O) groups is 2. The Morgan fingerprint density at radius 1 is 1.19 bits per heavy atom. The Kier molecular flexibility index (Phi) is 24.9. The van der Waals surface area contributed by atoms with Crippen LogP contribution in [0.5, 0.6) is 0 Å². The average molecular weight is 580 g/mol. The third kappa shape index (κ3) is 18.3. The number of allylic oxidation sites excluding steroid dienone is 8. The zero-order chi connectivity index (χ0) is 29.4. The van der Waals surface area contributed by atoms with Crippen molar-refractivity contribution in [2.45, 2.75) is 68.2 Å². The van der Waals surface area contributed by atoms with Crippen LogP contribution in [-0.4, -0.2) is 40.6 Å². The van der Waals surface area contributed by atoms with Gasteiger partial charge in [0.25, 0.3) is 11.8 Å². The summed E-state index contributed by atoms with van der Waals surface area (Å²) in [7, 11) is 0. The number of amides is 2. The fraction of sp³-hybridized carbons (Fsp3) is 0.467. The van der Waals surface area contributed by atoms with Gasteiger partial charge in [0, 0.05) is 29.9 Å². The maximum atomic E-state index is 12.6. The van der Waals surface area contributed by atoms with Gasteiger partial charge in [-0.05, 0) is 57.1 Å². The number of nitrogens with two attached hydrogens (primary N) is 2. The highest BCUT2D eigenvalue weighted by Gasteiger charge is 2.25. The summed E-state index contributed by atoms with van der Waals surface area (Å²) in [6, 6.07) is 0. The van der Waals surface area contributed by atoms with Crippen molar-refractivity contribution in [2.75, 3.05) is 18.9 Å². The lowest BCUT2D eigenvalue weighted by molar-refractivity contribution is -0.139. The van der Waals surface area contributed by atoms with Crippen molar-refractivity contribution < 1.29 is 9.59 Å². The van der Waals surface area contributed by atoms with Crippen LogP contribution in [0.2, 0.25) is 0 Å². The largest absolute Gasteiger partial charge is 0.405 e. The fourth-order valence-electron chi connectivity index (χ4n) is 2.84. The van der Waals surface area contributed by atoms with Crippen LogP contribution in [-0.2, 0) is 9.59 Å². The van der Waals surface area contributed by atoms with Gasteiger partial charge < -0.3 is 10.7 Å². The Hall–Kier alpha value is -2.64. The summed E-state index contributed by atoms with van der Waals surface area (Å²) < 4.78 is 0. The molecule has 4 N–H and O–H groups in total. The van der Waals surface area contributed by atoms with Gasteiger partial charge in [-0.25, -0.2) is 5.84 Å². The van der Waals surface area contributed by atoms with Gasteiger partial charge in [-0.2, -0.15) is 0 Å². The first-order chi connectivity index (χ1) is 17.5. The van der Waals surface area contributed by atoms with Crippen molar-refractivity contribution in [3.8, 4) is 0 Å². The second-order valence-corrected chi connectivity index (χ2v) is 8.78. The van der Waals surface area contributed by atoms with Crippen LogP contribution >= 0.6 is 15.9 Å². The first-order valence-electron chi connectivity index (χ1n) is 12.6. The van der Waals surface area contributed by atoms with E-state index in [1.165, 1.54) is 17.2 Å². The Morgan fingerprint density at radius 3 is 2.19 bits per heavy atom. The Labute approximate surface area is 235 Å². The van der Waals surface area contributed by atoms with Crippen LogP contribution in [0.1, 0.15) is 68.2 Å². The molecule has 6 nitrogen and oxygen atoms in total. The molecule has 0 radical (unpaired) electrons. The summed E-state index contributed by atoms with van der Waals surface area (Å²) in [6.07, 6.45) is 18.5. The van der Waals surface area contributed by atoms with E-state index in [4.69, 9.17) is 11.6 Å². The molecule has 1 aliphatic carbocycles. The minimum absolute atomic E-state index is 0.140. The van der Waals surface area contributed by atoms with Gasteiger partial charge in [0.2, 0.25) is 0 Å². The molecule has 1 rings (SSSR count). The van der Waals surface area contributed by atoms with Gasteiger partial charge in [-0.15, -0.1) is 0 Å². The van der Waals surface area contributed by atoms with E-state index in [1.54, 1.807) is 35.4 Å². The Morgan fingerprint density at radius 2 is 1.78 bits per heavy atom. The van der Waals surface area contributed by atoms with Gasteiger partial charge in [0.1, 0.15) is 0 Å². The molecule has 0 unspecified atom stereocenters. The van der Waals surface area contributed by atoms with Gasteiger partial charge in [0.05, 0.1) is 0 Å². The molecule has 210 valence electrons. The van der Waals surface area contributed by atoms with E-state index in [0.717, 1.165) is 18.7 Å². The number of nitrogens with zero attached hydrogens (tertiary/aromatic N) is 2. The lowest BCUT2D eigenvalue weighted by Gasteiger charge is -2.27. The topological polar surface area (TPSA) is 92.7 Å². The van der Waals surface area contributed by atoms with Gasteiger partial charge in [-0.1, -0.05) is 106 Å². The first kappa shape index (κ1) is 38.9. The summed E-state index contributed by atoms with van der Waals surface area (Å²) in [5.74, 6) is 6.94. The van der Waals surface area contributed by atoms with Crippen molar-refractivity contribution in [1.82, 2.24) is 9.91 Å². The number of halogens is 1. The molecule has 0 bridgehead atoms. The maximum absolute atomic E-state index is 12.6. The highest BCUT2D eigenvalue weighted by molar-refractivity contribution is 9.08. The van der Waals surface area contributed by atoms with Crippen LogP contribution in [0.15, 0.2) is 84.3 Å². The van der Waals surface area contributed by atoms with Crippen molar-refractivity contribution in [2.24, 2.45) is 17.0 Å². The van der Waals surface area contributed by atoms with E-state index < -0.39 is 0 Å². The number of rotatable bonds is 8. The molecule has 2 amide bonds. The Balaban J connectivity index is -0.000000649. The number of carbonyl (C=O) groups excluding carboxylic acids is 2. The number of hydrogen-bond donors (Lipinski definition) is 2. The molecule has 7 heteroatoms. The van der Waals surface area contributed by atoms with Crippen LogP contribution in [0.3, 0.4) is 0 Å². The molecule has 0 aromatic heterocycles. The Bertz CT molecular complexity index is 844. The standard InChI is InChI=1S/C18H22N2O2.C9H20N2.C2H6.CH3Br/c1-3-9-15(10-4-2)17(21)20(14-8-13-19)18(22)16-11-6-5-7-12-16;1-6-8(2)11(10)7-9(3,4)5;2*1-2/h3-6,8-11,13H,1,7,12,14,19H2,2H3;6H,7,10H2,1-5H3;1-2H3;1H3/b10-4-,13-8+,15-9+;8-6+;;. The van der Waals surface area contributed by atoms with E-state index in [1.807, 2.05) is 58.7 Å². The molecular formula is C30H51BrN4O2. The highest BCUT2D eigenvalue weighted by atomic mass is 79.9. The van der Waals surface area contributed by atoms with Crippen LogP contribution in [0, 0.1) is 5.41 Å². The van der Waals surface area contributed by atoms with Crippen molar-refractivity contribution in [1.29, 1.82) is 0 Å². The van der Waals surface area contributed by atoms with E-state index in [0.29, 0.717) is 17.6 Å². The summed E-state index contributed by atoms with van der Waals surface area (Å²) >= 11 is 2.94. The zero-order valence-electron chi connectivity index (χ0n) is 24.6. The minimum atomic E-state index is -0.364. The average Bonchev–Trinajstić information content (AvgIpc) is 2.90. The molecule has 0 aromatic carbocycles. The first-order valence-corrected chi connectivity index (χ1v) is 14.2. The van der Waals surface area contributed by atoms with Crippen molar-refractivity contribution in [3.05, 3.63) is 84.3 Å². The minimum Gasteiger partial charge on any atom is -0.405 e. The quantitative estimate of drug-likeness (QED) is 0.107. The predicted octanol–water partition coefficient (Wildman–Crippen LogP) is 6.95. The maximum Gasteiger partial charge on any atom is 0.261 e. The van der Waals surface area contributed by atoms with Crippen LogP contribution in [0.4, 0.5) is 0 Å². The summed E-state index contributed by atoms with van der Waals surface area (Å²) in [4.78, 5) is 26.4. The van der Waals surface area contributed by atoms with Crippen LogP contribution in [0.25, 0.3) is 0 Å². The lowest BCUT2D eigenvalue weighted by atomic mass is 9.96. The molecule has 0 saturated heterocycles. The monoisotopic (exact) mass is 578 g/mol. The number of alkyl halides is 1. The molecule has 37 heavy (non-hydrogen) atoms. The summed E-state index contributed by atoms with van der Waals surface area (Å²) in [5.41, 5.74) is 7.77. The van der Waals surface area contributed by atoms with Crippen molar-refractivity contribution in [3.63, 3.8) is 0 Å². The summed E-state index contributed by atoms with van der Waals surface area (Å²) in [6.45, 7) is 21.0. The molecule has 0 spiro atoms. The van der Waals surface area contributed by atoms with Gasteiger partial charge in [-0.3, -0.25) is 14.5 Å². The molecule has 0 aliphatic heterocycles. The van der Waals surface area contributed by atoms with Crippen molar-refractivity contribution >= 4 is 27.7 Å². The van der Waals surface area contributed by atoms with E-state index in [2.05, 4.69) is 43.3 Å². The van der Waals surface area contributed by atoms with E-state index in [-0.39, 0.29) is 23.8 Å². The smallest absolute Gasteiger partial charge is 0.261 e. The third-order valence-corrected chi connectivity index (χ3v) is 4.61. The van der Waals surface area contributed by atoms with Gasteiger partial charge in [0.15, 0.2) is 0 Å². The highest BCUT2D eigenvalue weighted by Crippen LogP contribution is 2.17. The molecule has 0 aromatic rings. The second-order valence-electron chi connectivity index (χ2n) is 8.78. The predicted molar refractivity (Wildman–Crippen MR) is 166 cm³/mol. The fourth-order valence-corrected chi connectivity index (χ4v) is 2.84. The lowest BCUT2D eigenvalue weighted by Crippen LogP contribution is -2.39. The molecule has 1 aliphatic rings. The molecule has 0 saturated carbocycles. The van der Waals surface area contributed by atoms with Crippen LogP contribution < -0.4 is 11.6 Å². The number of hydrazine groups is 1. The third-order valence-electron chi connectivity index (χ3n) is 4.61. The molecule has 0 heterocycles. The number of imide groups is 1. The van der Waals surface area contributed by atoms with Gasteiger partial charge >= 0.3 is 0 Å². The van der Waals surface area contributed by atoms with E-state index in [9.17, 15) is 9.59 Å².